The molecule has 0 radical (unpaired) electrons. The van der Waals surface area contributed by atoms with Crippen LogP contribution in [0.1, 0.15) is 56.6 Å². The van der Waals surface area contributed by atoms with E-state index in [0.29, 0.717) is 35.8 Å². The van der Waals surface area contributed by atoms with Gasteiger partial charge in [-0.1, -0.05) is 30.7 Å². The maximum Gasteiger partial charge on any atom is 0.264 e. The van der Waals surface area contributed by atoms with Crippen LogP contribution in [0.4, 0.5) is 15.5 Å². The van der Waals surface area contributed by atoms with Gasteiger partial charge >= 0.3 is 0 Å². The molecule has 4 heterocycles. The summed E-state index contributed by atoms with van der Waals surface area (Å²) < 4.78 is 22.9. The van der Waals surface area contributed by atoms with Crippen LogP contribution in [0.5, 0.6) is 0 Å². The number of carbonyl (C=O) groups is 3. The zero-order chi connectivity index (χ0) is 31.4. The van der Waals surface area contributed by atoms with Crippen LogP contribution in [0.25, 0.3) is 0 Å². The second kappa shape index (κ2) is 11.9. The maximum atomic E-state index is 16.2. The Labute approximate surface area is 264 Å². The number of amides is 3. The number of aliphatic hydroxyl groups excluding tert-OH is 1. The first kappa shape index (κ1) is 31.2. The summed E-state index contributed by atoms with van der Waals surface area (Å²) in [6.45, 7) is 6.43. The molecule has 8 nitrogen and oxygen atoms in total. The first-order valence-corrected chi connectivity index (χ1v) is 19.1. The van der Waals surface area contributed by atoms with Crippen LogP contribution in [0, 0.1) is 5.92 Å². The molecule has 0 aromatic heterocycles. The molecular formula is C33H41ClFN3O5Si. The van der Waals surface area contributed by atoms with Crippen molar-refractivity contribution in [1.82, 2.24) is 4.90 Å². The van der Waals surface area contributed by atoms with Gasteiger partial charge < -0.3 is 28.7 Å². The zero-order valence-electron chi connectivity index (χ0n) is 25.6. The van der Waals surface area contributed by atoms with Gasteiger partial charge in [0.05, 0.1) is 37.4 Å². The van der Waals surface area contributed by atoms with Crippen molar-refractivity contribution < 1.29 is 28.3 Å². The Morgan fingerprint density at radius 3 is 2.66 bits per heavy atom. The Bertz CT molecular complexity index is 1470. The number of aliphatic hydroxyl groups is 1. The summed E-state index contributed by atoms with van der Waals surface area (Å²) in [7, 11) is -3.46. The topological polar surface area (TPSA) is 90.4 Å². The number of likely N-dealkylation sites (tertiary alicyclic amines) is 1. The number of carbonyl (C=O) groups excluding carboxylic acids is 3. The second-order valence-corrected chi connectivity index (χ2v) is 17.5. The van der Waals surface area contributed by atoms with E-state index in [2.05, 4.69) is 0 Å². The number of piperidine rings is 1. The quantitative estimate of drug-likeness (QED) is 0.316. The molecule has 0 bridgehead atoms. The minimum Gasteiger partial charge on any atom is -0.394 e. The van der Waals surface area contributed by atoms with Crippen molar-refractivity contribution in [2.24, 2.45) is 5.92 Å². The van der Waals surface area contributed by atoms with Crippen LogP contribution < -0.4 is 9.80 Å². The lowest BCUT2D eigenvalue weighted by atomic mass is 9.82. The molecule has 3 saturated heterocycles. The van der Waals surface area contributed by atoms with Crippen LogP contribution in [0.15, 0.2) is 42.5 Å². The van der Waals surface area contributed by atoms with Gasteiger partial charge in [0.15, 0.2) is 5.60 Å². The first-order valence-electron chi connectivity index (χ1n) is 15.7. The molecule has 11 heteroatoms. The summed E-state index contributed by atoms with van der Waals surface area (Å²) in [5.41, 5.74) is 0.791. The van der Waals surface area contributed by atoms with Crippen molar-refractivity contribution in [2.75, 3.05) is 29.5 Å². The smallest absolute Gasteiger partial charge is 0.264 e. The molecule has 3 fully saturated rings. The molecule has 236 valence electrons. The van der Waals surface area contributed by atoms with Crippen LogP contribution in [0.2, 0.25) is 23.7 Å². The van der Waals surface area contributed by atoms with Gasteiger partial charge in [0.25, 0.3) is 5.91 Å². The van der Waals surface area contributed by atoms with Crippen molar-refractivity contribution in [1.29, 1.82) is 0 Å². The summed E-state index contributed by atoms with van der Waals surface area (Å²) in [5.74, 6) is -0.932. The SMILES string of the molecule is C[C@@H]1[C@@H]([Si](C)(C)F)[C@H](CC(=O)N2CCC[C@H]2CO)O[C@@]12C(=O)N(Cc1cccc(N3CCCCC3=O)c1)c1ccc(Cl)cc12. The highest BCUT2D eigenvalue weighted by Gasteiger charge is 2.67. The number of fused-ring (bicyclic) bond motifs is 2. The van der Waals surface area contributed by atoms with E-state index >= 15 is 4.11 Å². The van der Waals surface area contributed by atoms with Crippen LogP contribution in [-0.4, -0.2) is 68.0 Å². The number of ether oxygens (including phenoxy) is 1. The van der Waals surface area contributed by atoms with E-state index in [9.17, 15) is 19.5 Å². The Morgan fingerprint density at radius 1 is 1.14 bits per heavy atom. The van der Waals surface area contributed by atoms with Gasteiger partial charge in [-0.3, -0.25) is 14.4 Å². The van der Waals surface area contributed by atoms with E-state index in [4.69, 9.17) is 16.3 Å². The fourth-order valence-corrected chi connectivity index (χ4v) is 10.8. The predicted octanol–water partition coefficient (Wildman–Crippen LogP) is 5.55. The molecule has 0 saturated carbocycles. The molecule has 1 spiro atoms. The molecule has 4 aliphatic rings. The lowest BCUT2D eigenvalue weighted by Gasteiger charge is -2.31. The van der Waals surface area contributed by atoms with Crippen LogP contribution in [0.3, 0.4) is 0 Å². The predicted molar refractivity (Wildman–Crippen MR) is 170 cm³/mol. The van der Waals surface area contributed by atoms with E-state index in [-0.39, 0.29) is 43.3 Å². The molecule has 1 N–H and O–H groups in total. The standard InChI is InChI=1S/C33H41ClFN3O5Si/c1-21-31(44(2,3)35)28(18-30(41)37-15-7-10-25(37)20-39)43-33(21)26-17-23(34)12-13-27(26)38(32(33)42)19-22-8-6-9-24(16-22)36-14-5-4-11-29(36)40/h6,8-9,12-13,16-17,21,25,28,31,39H,4-5,7,10-11,14-15,18-20H2,1-3H3/t21-,25+,28+,31-,33+/m1/s1. The molecular weight excluding hydrogens is 601 g/mol. The Hall–Kier alpha value is -2.79. The number of hydrogen-bond acceptors (Lipinski definition) is 5. The summed E-state index contributed by atoms with van der Waals surface area (Å²) in [5, 5.41) is 10.2. The highest BCUT2D eigenvalue weighted by atomic mass is 35.5. The zero-order valence-corrected chi connectivity index (χ0v) is 27.4. The minimum absolute atomic E-state index is 0.0529. The summed E-state index contributed by atoms with van der Waals surface area (Å²) in [6.07, 6.45) is 3.05. The second-order valence-electron chi connectivity index (χ2n) is 13.3. The lowest BCUT2D eigenvalue weighted by molar-refractivity contribution is -0.150. The number of halogens is 2. The lowest BCUT2D eigenvalue weighted by Crippen LogP contribution is -2.45. The van der Waals surface area contributed by atoms with Gasteiger partial charge in [-0.25, -0.2) is 0 Å². The fourth-order valence-electron chi connectivity index (χ4n) is 8.10. The largest absolute Gasteiger partial charge is 0.394 e. The number of rotatable bonds is 7. The van der Waals surface area contributed by atoms with E-state index in [1.54, 1.807) is 46.0 Å². The van der Waals surface area contributed by atoms with Gasteiger partial charge in [0, 0.05) is 47.2 Å². The van der Waals surface area contributed by atoms with Crippen molar-refractivity contribution in [3.05, 3.63) is 58.6 Å². The molecule has 3 amide bonds. The van der Waals surface area contributed by atoms with Crippen molar-refractivity contribution in [3.63, 3.8) is 0 Å². The molecule has 5 atom stereocenters. The van der Waals surface area contributed by atoms with Crippen molar-refractivity contribution in [2.45, 2.75) is 88.4 Å². The number of nitrogens with zero attached hydrogens (tertiary/aromatic N) is 3. The van der Waals surface area contributed by atoms with Gasteiger partial charge in [0.2, 0.25) is 20.2 Å². The summed E-state index contributed by atoms with van der Waals surface area (Å²) in [6, 6.07) is 12.7. The van der Waals surface area contributed by atoms with Gasteiger partial charge in [-0.2, -0.15) is 0 Å². The fraction of sp³-hybridized carbons (Fsp3) is 0.545. The molecule has 2 aromatic carbocycles. The average Bonchev–Trinajstić information content (AvgIpc) is 3.64. The molecule has 6 rings (SSSR count). The number of benzene rings is 2. The Balaban J connectivity index is 1.34. The minimum atomic E-state index is -3.46. The van der Waals surface area contributed by atoms with Crippen LogP contribution in [-0.2, 0) is 31.3 Å². The van der Waals surface area contributed by atoms with Crippen LogP contribution >= 0.6 is 11.6 Å². The Kier molecular flexibility index (Phi) is 8.41. The third kappa shape index (κ3) is 5.27. The molecule has 44 heavy (non-hydrogen) atoms. The Morgan fingerprint density at radius 2 is 1.93 bits per heavy atom. The number of hydrogen-bond donors (Lipinski definition) is 1. The van der Waals surface area contributed by atoms with E-state index in [1.807, 2.05) is 31.2 Å². The summed E-state index contributed by atoms with van der Waals surface area (Å²) in [4.78, 5) is 45.9. The number of anilines is 2. The third-order valence-electron chi connectivity index (χ3n) is 10.1. The normalized spacial score (nSPS) is 28.8. The van der Waals surface area contributed by atoms with E-state index < -0.39 is 31.6 Å². The van der Waals surface area contributed by atoms with Gasteiger partial charge in [0.1, 0.15) is 0 Å². The highest BCUT2D eigenvalue weighted by molar-refractivity contribution is 6.72. The van der Waals surface area contributed by atoms with Crippen molar-refractivity contribution in [3.8, 4) is 0 Å². The van der Waals surface area contributed by atoms with Gasteiger partial charge in [-0.15, -0.1) is 0 Å². The summed E-state index contributed by atoms with van der Waals surface area (Å²) >= 11 is 6.50. The average molecular weight is 642 g/mol. The molecule has 4 aliphatic heterocycles. The third-order valence-corrected chi connectivity index (χ3v) is 12.8. The maximum absolute atomic E-state index is 16.2. The van der Waals surface area contributed by atoms with Crippen molar-refractivity contribution >= 4 is 49.1 Å². The molecule has 0 aliphatic carbocycles. The molecule has 0 unspecified atom stereocenters. The molecule has 2 aromatic rings. The highest BCUT2D eigenvalue weighted by Crippen LogP contribution is 2.60. The van der Waals surface area contributed by atoms with Gasteiger partial charge in [-0.05, 0) is 74.7 Å². The van der Waals surface area contributed by atoms with E-state index in [0.717, 1.165) is 36.9 Å². The van der Waals surface area contributed by atoms with E-state index in [1.165, 1.54) is 0 Å². The first-order chi connectivity index (χ1) is 21.0. The monoisotopic (exact) mass is 641 g/mol.